The molecule has 4 heteroatoms. The molecule has 0 radical (unpaired) electrons. The molecule has 4 nitrogen and oxygen atoms in total. The number of hydrogen-bond acceptors (Lipinski definition) is 3. The van der Waals surface area contributed by atoms with Gasteiger partial charge in [-0.05, 0) is 43.0 Å². The lowest BCUT2D eigenvalue weighted by atomic mass is 9.99. The molecule has 1 aliphatic heterocycles. The number of ketones is 1. The van der Waals surface area contributed by atoms with Crippen molar-refractivity contribution in [1.29, 1.82) is 0 Å². The normalized spacial score (nSPS) is 20.0. The number of nitrogens with one attached hydrogen (secondary N) is 1. The van der Waals surface area contributed by atoms with E-state index in [1.54, 1.807) is 0 Å². The van der Waals surface area contributed by atoms with Crippen LogP contribution in [0, 0.1) is 5.92 Å². The number of rotatable bonds is 4. The fourth-order valence-electron chi connectivity index (χ4n) is 3.54. The van der Waals surface area contributed by atoms with Crippen molar-refractivity contribution < 1.29 is 9.59 Å². The van der Waals surface area contributed by atoms with Crippen LogP contribution in [0.2, 0.25) is 0 Å². The Bertz CT molecular complexity index is 824. The van der Waals surface area contributed by atoms with Gasteiger partial charge in [0.1, 0.15) is 0 Å². The zero-order chi connectivity index (χ0) is 18.1. The van der Waals surface area contributed by atoms with Crippen molar-refractivity contribution >= 4 is 11.7 Å². The second-order valence-corrected chi connectivity index (χ2v) is 7.40. The maximum absolute atomic E-state index is 12.8. The number of carbonyl (C=O) groups is 2. The van der Waals surface area contributed by atoms with Crippen LogP contribution in [0.5, 0.6) is 0 Å². The number of hydrogen-bond donors (Lipinski definition) is 1. The summed E-state index contributed by atoms with van der Waals surface area (Å²) in [6.45, 7) is 4.41. The summed E-state index contributed by atoms with van der Waals surface area (Å²) >= 11 is 0. The number of benzene rings is 2. The van der Waals surface area contributed by atoms with Gasteiger partial charge in [-0.2, -0.15) is 0 Å². The summed E-state index contributed by atoms with van der Waals surface area (Å²) in [5.41, 5.74) is 3.54. The summed E-state index contributed by atoms with van der Waals surface area (Å²) in [4.78, 5) is 26.9. The summed E-state index contributed by atoms with van der Waals surface area (Å²) in [7, 11) is 0. The van der Waals surface area contributed by atoms with E-state index in [-0.39, 0.29) is 17.6 Å². The fraction of sp³-hybridized carbons (Fsp3) is 0.364. The van der Waals surface area contributed by atoms with Crippen LogP contribution in [0.3, 0.4) is 0 Å². The van der Waals surface area contributed by atoms with Crippen molar-refractivity contribution in [3.8, 4) is 11.1 Å². The third kappa shape index (κ3) is 3.56. The van der Waals surface area contributed by atoms with Crippen molar-refractivity contribution in [2.45, 2.75) is 25.8 Å². The average molecular weight is 348 g/mol. The Hall–Kier alpha value is -2.46. The second-order valence-electron chi connectivity index (χ2n) is 7.40. The molecule has 1 aliphatic carbocycles. The second kappa shape index (κ2) is 7.04. The summed E-state index contributed by atoms with van der Waals surface area (Å²) in [6.07, 6.45) is 2.05. The number of Topliss-reactive ketones (excluding diaryl/α,β-unsaturated/α-hetero) is 1. The molecule has 0 aromatic heterocycles. The molecule has 0 unspecified atom stereocenters. The highest BCUT2D eigenvalue weighted by Crippen LogP contribution is 2.33. The van der Waals surface area contributed by atoms with Crippen LogP contribution < -0.4 is 5.32 Å². The zero-order valence-electron chi connectivity index (χ0n) is 15.1. The van der Waals surface area contributed by atoms with E-state index in [1.165, 1.54) is 0 Å². The predicted octanol–water partition coefficient (Wildman–Crippen LogP) is 3.38. The summed E-state index contributed by atoms with van der Waals surface area (Å²) < 4.78 is 0. The van der Waals surface area contributed by atoms with Gasteiger partial charge in [0.15, 0.2) is 5.78 Å². The predicted molar refractivity (Wildman–Crippen MR) is 102 cm³/mol. The molecule has 1 atom stereocenters. The lowest BCUT2D eigenvalue weighted by Gasteiger charge is -2.32. The summed E-state index contributed by atoms with van der Waals surface area (Å²) in [6, 6.07) is 15.9. The molecule has 2 aromatic rings. The molecule has 1 heterocycles. The Morgan fingerprint density at radius 3 is 2.46 bits per heavy atom. The van der Waals surface area contributed by atoms with Crippen LogP contribution in [0.15, 0.2) is 48.5 Å². The van der Waals surface area contributed by atoms with Crippen LogP contribution in [-0.2, 0) is 0 Å². The zero-order valence-corrected chi connectivity index (χ0v) is 15.1. The van der Waals surface area contributed by atoms with Crippen molar-refractivity contribution in [2.75, 3.05) is 19.6 Å². The number of nitrogens with zero attached hydrogens (tertiary/aromatic N) is 1. The van der Waals surface area contributed by atoms with Crippen LogP contribution in [-0.4, -0.2) is 42.3 Å². The average Bonchev–Trinajstić information content (AvgIpc) is 3.52. The molecule has 26 heavy (non-hydrogen) atoms. The smallest absolute Gasteiger partial charge is 0.253 e. The Morgan fingerprint density at radius 2 is 1.77 bits per heavy atom. The highest BCUT2D eigenvalue weighted by Gasteiger charge is 2.30. The molecule has 1 saturated carbocycles. The van der Waals surface area contributed by atoms with Crippen LogP contribution in [0.25, 0.3) is 11.1 Å². The fourth-order valence-corrected chi connectivity index (χ4v) is 3.54. The van der Waals surface area contributed by atoms with Crippen molar-refractivity contribution in [3.63, 3.8) is 0 Å². The number of piperazine rings is 1. The Labute approximate surface area is 154 Å². The lowest BCUT2D eigenvalue weighted by molar-refractivity contribution is 0.0709. The molecule has 0 bridgehead atoms. The summed E-state index contributed by atoms with van der Waals surface area (Å²) in [5.74, 6) is 0.581. The Kier molecular flexibility index (Phi) is 4.60. The largest absolute Gasteiger partial charge is 0.336 e. The summed E-state index contributed by atoms with van der Waals surface area (Å²) in [5, 5.41) is 3.36. The van der Waals surface area contributed by atoms with E-state index in [0.717, 1.165) is 54.7 Å². The molecule has 4 rings (SSSR count). The third-order valence-electron chi connectivity index (χ3n) is 5.22. The topological polar surface area (TPSA) is 49.4 Å². The van der Waals surface area contributed by atoms with Gasteiger partial charge in [-0.1, -0.05) is 36.4 Å². The van der Waals surface area contributed by atoms with Gasteiger partial charge in [-0.25, -0.2) is 0 Å². The molecule has 2 aliphatic rings. The van der Waals surface area contributed by atoms with Crippen molar-refractivity contribution in [3.05, 3.63) is 59.7 Å². The van der Waals surface area contributed by atoms with Crippen LogP contribution in [0.4, 0.5) is 0 Å². The van der Waals surface area contributed by atoms with Crippen LogP contribution >= 0.6 is 0 Å². The maximum Gasteiger partial charge on any atom is 0.253 e. The molecule has 2 aromatic carbocycles. The van der Waals surface area contributed by atoms with E-state index in [0.29, 0.717) is 6.04 Å². The molecular formula is C22H24N2O2. The first-order chi connectivity index (χ1) is 12.6. The molecule has 1 amide bonds. The van der Waals surface area contributed by atoms with E-state index >= 15 is 0 Å². The maximum atomic E-state index is 12.8. The minimum Gasteiger partial charge on any atom is -0.336 e. The van der Waals surface area contributed by atoms with Gasteiger partial charge >= 0.3 is 0 Å². The lowest BCUT2D eigenvalue weighted by Crippen LogP contribution is -2.51. The highest BCUT2D eigenvalue weighted by atomic mass is 16.2. The van der Waals surface area contributed by atoms with E-state index in [9.17, 15) is 9.59 Å². The van der Waals surface area contributed by atoms with Gasteiger partial charge in [0.25, 0.3) is 5.91 Å². The van der Waals surface area contributed by atoms with Gasteiger partial charge in [-0.3, -0.25) is 9.59 Å². The van der Waals surface area contributed by atoms with Gasteiger partial charge in [0.2, 0.25) is 0 Å². The molecule has 1 saturated heterocycles. The monoisotopic (exact) mass is 348 g/mol. The minimum absolute atomic E-state index is 0.0840. The first kappa shape index (κ1) is 17.0. The molecule has 134 valence electrons. The third-order valence-corrected chi connectivity index (χ3v) is 5.22. The standard InChI is InChI=1S/C22H24N2O2/c1-15-14-24(12-11-23-15)22(26)20-4-2-3-19(13-20)16-5-7-17(8-6-16)21(25)18-9-10-18/h2-8,13,15,18,23H,9-12,14H2,1H3/t15-/m0/s1. The molecule has 1 N–H and O–H groups in total. The van der Waals surface area contributed by atoms with E-state index in [2.05, 4.69) is 12.2 Å². The van der Waals surface area contributed by atoms with Crippen molar-refractivity contribution in [1.82, 2.24) is 10.2 Å². The number of amides is 1. The Morgan fingerprint density at radius 1 is 1.00 bits per heavy atom. The van der Waals surface area contributed by atoms with E-state index in [4.69, 9.17) is 0 Å². The molecule has 0 spiro atoms. The van der Waals surface area contributed by atoms with Crippen molar-refractivity contribution in [2.24, 2.45) is 5.92 Å². The first-order valence-electron chi connectivity index (χ1n) is 9.39. The van der Waals surface area contributed by atoms with Gasteiger partial charge < -0.3 is 10.2 Å². The highest BCUT2D eigenvalue weighted by molar-refractivity contribution is 6.00. The quantitative estimate of drug-likeness (QED) is 0.862. The first-order valence-corrected chi connectivity index (χ1v) is 9.39. The molecular weight excluding hydrogens is 324 g/mol. The SMILES string of the molecule is C[C@H]1CN(C(=O)c2cccc(-c3ccc(C(=O)C4CC4)cc3)c2)CCN1. The van der Waals surface area contributed by atoms with Gasteiger partial charge in [0.05, 0.1) is 0 Å². The van der Waals surface area contributed by atoms with Gasteiger partial charge in [0, 0.05) is 42.7 Å². The minimum atomic E-state index is 0.0840. The molecule has 2 fully saturated rings. The number of carbonyl (C=O) groups excluding carboxylic acids is 2. The van der Waals surface area contributed by atoms with Gasteiger partial charge in [-0.15, -0.1) is 0 Å². The van der Waals surface area contributed by atoms with E-state index in [1.807, 2.05) is 53.4 Å². The van der Waals surface area contributed by atoms with E-state index < -0.39 is 0 Å². The Balaban J connectivity index is 1.53. The van der Waals surface area contributed by atoms with Crippen LogP contribution in [0.1, 0.15) is 40.5 Å².